The molecule has 0 atom stereocenters. The SMILES string of the molecule is COCCONC(=O)c1ccc(N)cc1OC. The van der Waals surface area contributed by atoms with Crippen LogP contribution in [0.1, 0.15) is 10.4 Å². The van der Waals surface area contributed by atoms with Gasteiger partial charge in [0.05, 0.1) is 25.9 Å². The number of ether oxygens (including phenoxy) is 2. The first-order chi connectivity index (χ1) is 8.19. The van der Waals surface area contributed by atoms with E-state index in [-0.39, 0.29) is 6.61 Å². The van der Waals surface area contributed by atoms with Gasteiger partial charge in [-0.2, -0.15) is 0 Å². The van der Waals surface area contributed by atoms with Crippen molar-refractivity contribution < 1.29 is 19.1 Å². The van der Waals surface area contributed by atoms with Gasteiger partial charge in [-0.1, -0.05) is 0 Å². The van der Waals surface area contributed by atoms with Crippen LogP contribution in [0.5, 0.6) is 5.75 Å². The van der Waals surface area contributed by atoms with Gasteiger partial charge >= 0.3 is 0 Å². The van der Waals surface area contributed by atoms with Crippen LogP contribution in [0.3, 0.4) is 0 Å². The van der Waals surface area contributed by atoms with Crippen molar-refractivity contribution in [3.63, 3.8) is 0 Å². The Morgan fingerprint density at radius 1 is 1.35 bits per heavy atom. The summed E-state index contributed by atoms with van der Waals surface area (Å²) in [6.07, 6.45) is 0. The minimum absolute atomic E-state index is 0.277. The largest absolute Gasteiger partial charge is 0.496 e. The molecule has 0 fully saturated rings. The lowest BCUT2D eigenvalue weighted by Crippen LogP contribution is -2.25. The third kappa shape index (κ3) is 3.93. The highest BCUT2D eigenvalue weighted by Crippen LogP contribution is 2.21. The summed E-state index contributed by atoms with van der Waals surface area (Å²) in [6, 6.07) is 4.76. The highest BCUT2D eigenvalue weighted by Gasteiger charge is 2.12. The molecule has 0 aliphatic carbocycles. The summed E-state index contributed by atoms with van der Waals surface area (Å²) in [4.78, 5) is 16.6. The first-order valence-corrected chi connectivity index (χ1v) is 5.03. The zero-order valence-corrected chi connectivity index (χ0v) is 9.86. The lowest BCUT2D eigenvalue weighted by molar-refractivity contribution is 0.00874. The third-order valence-corrected chi connectivity index (χ3v) is 2.02. The van der Waals surface area contributed by atoms with E-state index in [0.29, 0.717) is 23.6 Å². The van der Waals surface area contributed by atoms with E-state index in [9.17, 15) is 4.79 Å². The molecule has 1 rings (SSSR count). The Balaban J connectivity index is 2.62. The summed E-state index contributed by atoms with van der Waals surface area (Å²) in [5.74, 6) is 0.00999. The molecular weight excluding hydrogens is 224 g/mol. The van der Waals surface area contributed by atoms with E-state index in [1.807, 2.05) is 0 Å². The molecule has 17 heavy (non-hydrogen) atoms. The molecule has 1 aromatic rings. The first kappa shape index (κ1) is 13.3. The highest BCUT2D eigenvalue weighted by atomic mass is 16.7. The predicted octanol–water partition coefficient (Wildman–Crippen LogP) is 0.585. The number of hydrogen-bond acceptors (Lipinski definition) is 5. The summed E-state index contributed by atoms with van der Waals surface area (Å²) in [5, 5.41) is 0. The van der Waals surface area contributed by atoms with Crippen molar-refractivity contribution in [2.45, 2.75) is 0 Å². The maximum absolute atomic E-state index is 11.7. The number of nitrogen functional groups attached to an aromatic ring is 1. The van der Waals surface area contributed by atoms with Gasteiger partial charge in [0.2, 0.25) is 0 Å². The van der Waals surface area contributed by atoms with Crippen LogP contribution in [-0.4, -0.2) is 33.3 Å². The van der Waals surface area contributed by atoms with Crippen LogP contribution in [-0.2, 0) is 9.57 Å². The molecule has 0 radical (unpaired) electrons. The van der Waals surface area contributed by atoms with Crippen LogP contribution in [0.15, 0.2) is 18.2 Å². The summed E-state index contributed by atoms with van der Waals surface area (Å²) >= 11 is 0. The number of methoxy groups -OCH3 is 2. The average molecular weight is 240 g/mol. The third-order valence-electron chi connectivity index (χ3n) is 2.02. The van der Waals surface area contributed by atoms with Crippen molar-refractivity contribution >= 4 is 11.6 Å². The normalized spacial score (nSPS) is 10.0. The number of carbonyl (C=O) groups excluding carboxylic acids is 1. The lowest BCUT2D eigenvalue weighted by Gasteiger charge is -2.09. The maximum atomic E-state index is 11.7. The van der Waals surface area contributed by atoms with Crippen LogP contribution in [0.25, 0.3) is 0 Å². The van der Waals surface area contributed by atoms with E-state index < -0.39 is 5.91 Å². The van der Waals surface area contributed by atoms with E-state index in [1.54, 1.807) is 25.3 Å². The van der Waals surface area contributed by atoms with Crippen molar-refractivity contribution in [1.29, 1.82) is 0 Å². The topological polar surface area (TPSA) is 82.8 Å². The van der Waals surface area contributed by atoms with E-state index in [0.717, 1.165) is 0 Å². The van der Waals surface area contributed by atoms with Crippen molar-refractivity contribution in [3.05, 3.63) is 23.8 Å². The first-order valence-electron chi connectivity index (χ1n) is 5.03. The van der Waals surface area contributed by atoms with E-state index in [2.05, 4.69) is 5.48 Å². The number of rotatable bonds is 6. The van der Waals surface area contributed by atoms with E-state index in [1.165, 1.54) is 7.11 Å². The molecule has 0 heterocycles. The number of benzene rings is 1. The molecule has 0 aliphatic heterocycles. The minimum Gasteiger partial charge on any atom is -0.496 e. The van der Waals surface area contributed by atoms with Crippen molar-refractivity contribution in [1.82, 2.24) is 5.48 Å². The van der Waals surface area contributed by atoms with Gasteiger partial charge in [0, 0.05) is 18.9 Å². The van der Waals surface area contributed by atoms with Gasteiger partial charge in [0.15, 0.2) is 0 Å². The number of amides is 1. The number of carbonyl (C=O) groups is 1. The second-order valence-corrected chi connectivity index (χ2v) is 3.23. The smallest absolute Gasteiger partial charge is 0.278 e. The number of nitrogens with one attached hydrogen (secondary N) is 1. The second kappa shape index (κ2) is 6.72. The van der Waals surface area contributed by atoms with Gasteiger partial charge in [-0.15, -0.1) is 0 Å². The van der Waals surface area contributed by atoms with Crippen LogP contribution < -0.4 is 16.0 Å². The van der Waals surface area contributed by atoms with Crippen LogP contribution in [0, 0.1) is 0 Å². The molecule has 0 saturated carbocycles. The van der Waals surface area contributed by atoms with E-state index >= 15 is 0 Å². The molecule has 94 valence electrons. The summed E-state index contributed by atoms with van der Waals surface area (Å²) in [7, 11) is 3.02. The van der Waals surface area contributed by atoms with Crippen molar-refractivity contribution in [2.75, 3.05) is 33.2 Å². The standard InChI is InChI=1S/C11H16N2O4/c1-15-5-6-17-13-11(14)9-4-3-8(12)7-10(9)16-2/h3-4,7H,5-6,12H2,1-2H3,(H,13,14). The maximum Gasteiger partial charge on any atom is 0.278 e. The molecule has 0 aromatic heterocycles. The molecule has 0 saturated heterocycles. The van der Waals surface area contributed by atoms with Gasteiger partial charge in [-0.25, -0.2) is 5.48 Å². The van der Waals surface area contributed by atoms with Crippen LogP contribution >= 0.6 is 0 Å². The summed E-state index contributed by atoms with van der Waals surface area (Å²) in [6.45, 7) is 0.679. The summed E-state index contributed by atoms with van der Waals surface area (Å²) in [5.41, 5.74) is 8.76. The summed E-state index contributed by atoms with van der Waals surface area (Å²) < 4.78 is 9.83. The molecule has 1 aromatic carbocycles. The zero-order valence-electron chi connectivity index (χ0n) is 9.86. The fourth-order valence-corrected chi connectivity index (χ4v) is 1.19. The Morgan fingerprint density at radius 3 is 2.76 bits per heavy atom. The lowest BCUT2D eigenvalue weighted by atomic mass is 10.2. The fourth-order valence-electron chi connectivity index (χ4n) is 1.19. The second-order valence-electron chi connectivity index (χ2n) is 3.23. The number of hydroxylamine groups is 1. The van der Waals surface area contributed by atoms with Gasteiger partial charge in [-0.3, -0.25) is 9.63 Å². The number of nitrogens with two attached hydrogens (primary N) is 1. The molecule has 0 bridgehead atoms. The van der Waals surface area contributed by atoms with Gasteiger partial charge in [0.25, 0.3) is 5.91 Å². The van der Waals surface area contributed by atoms with Crippen LogP contribution in [0.2, 0.25) is 0 Å². The molecule has 3 N–H and O–H groups in total. The molecule has 0 aliphatic rings. The van der Waals surface area contributed by atoms with Crippen LogP contribution in [0.4, 0.5) is 5.69 Å². The molecule has 0 unspecified atom stereocenters. The Labute approximate surface area is 99.6 Å². The van der Waals surface area contributed by atoms with Crippen molar-refractivity contribution in [2.24, 2.45) is 0 Å². The molecule has 1 amide bonds. The Kier molecular flexibility index (Phi) is 5.25. The Bertz CT molecular complexity index is 382. The predicted molar refractivity (Wildman–Crippen MR) is 62.7 cm³/mol. The average Bonchev–Trinajstić information content (AvgIpc) is 2.34. The highest BCUT2D eigenvalue weighted by molar-refractivity contribution is 5.96. The molecule has 6 nitrogen and oxygen atoms in total. The number of hydrogen-bond donors (Lipinski definition) is 2. The molecule has 0 spiro atoms. The van der Waals surface area contributed by atoms with Gasteiger partial charge in [0.1, 0.15) is 5.75 Å². The molecular formula is C11H16N2O4. The van der Waals surface area contributed by atoms with Gasteiger partial charge in [-0.05, 0) is 12.1 Å². The van der Waals surface area contributed by atoms with E-state index in [4.69, 9.17) is 20.0 Å². The van der Waals surface area contributed by atoms with Crippen molar-refractivity contribution in [3.8, 4) is 5.75 Å². The zero-order chi connectivity index (χ0) is 12.7. The quantitative estimate of drug-likeness (QED) is 0.432. The Hall–Kier alpha value is -1.79. The number of anilines is 1. The minimum atomic E-state index is -0.391. The van der Waals surface area contributed by atoms with Gasteiger partial charge < -0.3 is 15.2 Å². The monoisotopic (exact) mass is 240 g/mol. The fraction of sp³-hybridized carbons (Fsp3) is 0.364. The molecule has 6 heteroatoms. The Morgan fingerprint density at radius 2 is 2.12 bits per heavy atom.